The highest BCUT2D eigenvalue weighted by atomic mass is 35.5. The molecule has 0 aromatic rings. The van der Waals surface area contributed by atoms with Crippen LogP contribution in [-0.4, -0.2) is 13.7 Å². The van der Waals surface area contributed by atoms with Crippen LogP contribution < -0.4 is 0 Å². The summed E-state index contributed by atoms with van der Waals surface area (Å²) in [5.74, 6) is 0. The van der Waals surface area contributed by atoms with Gasteiger partial charge in [-0.25, -0.2) is 0 Å². The molecule has 0 aromatic heterocycles. The number of halogens is 2. The topological polar surface area (TPSA) is 9.23 Å². The maximum absolute atomic E-state index is 5.69. The van der Waals surface area contributed by atoms with Crippen LogP contribution in [-0.2, 0) is 4.74 Å². The molecule has 0 N–H and O–H groups in total. The fraction of sp³-hybridized carbons (Fsp3) is 0.667. The summed E-state index contributed by atoms with van der Waals surface area (Å²) in [5, 5.41) is 1.48. The van der Waals surface area contributed by atoms with Crippen LogP contribution in [0, 0.1) is 5.41 Å². The second-order valence-electron chi connectivity index (χ2n) is 2.39. The van der Waals surface area contributed by atoms with E-state index in [1.165, 1.54) is 0 Å². The Bertz CT molecular complexity index is 150. The highest BCUT2D eigenvalue weighted by molar-refractivity contribution is 6.46. The quantitative estimate of drug-likeness (QED) is 0.613. The van der Waals surface area contributed by atoms with Crippen molar-refractivity contribution in [3.8, 4) is 0 Å². The average molecular weight is 167 g/mol. The van der Waals surface area contributed by atoms with Crippen molar-refractivity contribution in [1.82, 2.24) is 0 Å². The standard InChI is InChI=1S/C6H8Cl2O/c1-6(3-9-2)4(7)5(6)8/h3H2,1-2H3. The Balaban J connectivity index is 2.46. The molecule has 0 heterocycles. The van der Waals surface area contributed by atoms with Crippen molar-refractivity contribution in [2.45, 2.75) is 6.92 Å². The maximum atomic E-state index is 5.69. The van der Waals surface area contributed by atoms with E-state index in [-0.39, 0.29) is 5.41 Å². The molecule has 0 bridgehead atoms. The predicted octanol–water partition coefficient (Wildman–Crippen LogP) is 2.34. The maximum Gasteiger partial charge on any atom is 0.0646 e. The fourth-order valence-electron chi connectivity index (χ4n) is 0.749. The number of methoxy groups -OCH3 is 1. The minimum atomic E-state index is -0.141. The van der Waals surface area contributed by atoms with Gasteiger partial charge >= 0.3 is 0 Å². The molecule has 3 heteroatoms. The zero-order valence-corrected chi connectivity index (χ0v) is 6.88. The Hall–Kier alpha value is 0.280. The SMILES string of the molecule is COCC1(C)C(Cl)=C1Cl. The van der Waals surface area contributed by atoms with Crippen molar-refractivity contribution in [1.29, 1.82) is 0 Å². The molecule has 0 saturated carbocycles. The van der Waals surface area contributed by atoms with Crippen LogP contribution in [0.5, 0.6) is 0 Å². The first-order chi connectivity index (χ1) is 4.13. The number of hydrogen-bond acceptors (Lipinski definition) is 1. The Morgan fingerprint density at radius 3 is 2.00 bits per heavy atom. The van der Waals surface area contributed by atoms with E-state index < -0.39 is 0 Å². The van der Waals surface area contributed by atoms with E-state index in [9.17, 15) is 0 Å². The molecule has 0 fully saturated rings. The van der Waals surface area contributed by atoms with Crippen LogP contribution in [0.1, 0.15) is 6.92 Å². The first-order valence-electron chi connectivity index (χ1n) is 2.68. The molecular formula is C6H8Cl2O. The van der Waals surface area contributed by atoms with E-state index >= 15 is 0 Å². The highest BCUT2D eigenvalue weighted by Gasteiger charge is 2.47. The lowest BCUT2D eigenvalue weighted by molar-refractivity contribution is 0.158. The lowest BCUT2D eigenvalue weighted by Crippen LogP contribution is -2.07. The summed E-state index contributed by atoms with van der Waals surface area (Å²) < 4.78 is 4.90. The van der Waals surface area contributed by atoms with Gasteiger partial charge in [0.15, 0.2) is 0 Å². The first-order valence-corrected chi connectivity index (χ1v) is 3.43. The zero-order chi connectivity index (χ0) is 7.07. The van der Waals surface area contributed by atoms with Crippen LogP contribution in [0.3, 0.4) is 0 Å². The van der Waals surface area contributed by atoms with Crippen molar-refractivity contribution < 1.29 is 4.74 Å². The molecule has 0 spiro atoms. The summed E-state index contributed by atoms with van der Waals surface area (Å²) in [5.41, 5.74) is -0.141. The van der Waals surface area contributed by atoms with Gasteiger partial charge in [0.05, 0.1) is 12.0 Å². The second-order valence-corrected chi connectivity index (χ2v) is 3.15. The minimum Gasteiger partial charge on any atom is -0.383 e. The molecular weight excluding hydrogens is 159 g/mol. The third-order valence-electron chi connectivity index (χ3n) is 1.53. The molecule has 1 aliphatic carbocycles. The summed E-state index contributed by atoms with van der Waals surface area (Å²) in [4.78, 5) is 0. The van der Waals surface area contributed by atoms with Crippen molar-refractivity contribution in [2.75, 3.05) is 13.7 Å². The van der Waals surface area contributed by atoms with E-state index in [4.69, 9.17) is 27.9 Å². The van der Waals surface area contributed by atoms with Gasteiger partial charge in [-0.2, -0.15) is 0 Å². The molecule has 0 radical (unpaired) electrons. The smallest absolute Gasteiger partial charge is 0.0646 e. The summed E-state index contributed by atoms with van der Waals surface area (Å²) in [7, 11) is 1.64. The van der Waals surface area contributed by atoms with Gasteiger partial charge in [0.25, 0.3) is 0 Å². The van der Waals surface area contributed by atoms with E-state index in [1.54, 1.807) is 7.11 Å². The van der Waals surface area contributed by atoms with Gasteiger partial charge in [0.1, 0.15) is 0 Å². The molecule has 0 saturated heterocycles. The van der Waals surface area contributed by atoms with Crippen molar-refractivity contribution in [2.24, 2.45) is 5.41 Å². The van der Waals surface area contributed by atoms with Crippen molar-refractivity contribution >= 4 is 23.2 Å². The second kappa shape index (κ2) is 2.15. The van der Waals surface area contributed by atoms with Gasteiger partial charge < -0.3 is 4.74 Å². The van der Waals surface area contributed by atoms with Gasteiger partial charge in [-0.15, -0.1) is 0 Å². The first kappa shape index (κ1) is 7.39. The van der Waals surface area contributed by atoms with Crippen LogP contribution >= 0.6 is 23.2 Å². The molecule has 9 heavy (non-hydrogen) atoms. The number of rotatable bonds is 2. The molecule has 52 valence electrons. The normalized spacial score (nSPS) is 22.7. The van der Waals surface area contributed by atoms with Crippen LogP contribution in [0.2, 0.25) is 0 Å². The lowest BCUT2D eigenvalue weighted by atomic mass is 10.1. The Labute approximate surface area is 64.6 Å². The van der Waals surface area contributed by atoms with Gasteiger partial charge in [0, 0.05) is 17.2 Å². The Morgan fingerprint density at radius 2 is 1.89 bits per heavy atom. The van der Waals surface area contributed by atoms with Gasteiger partial charge in [0.2, 0.25) is 0 Å². The molecule has 0 aromatic carbocycles. The number of ether oxygens (including phenoxy) is 1. The summed E-state index contributed by atoms with van der Waals surface area (Å²) in [6.07, 6.45) is 0. The molecule has 1 nitrogen and oxygen atoms in total. The summed E-state index contributed by atoms with van der Waals surface area (Å²) in [6, 6.07) is 0. The third kappa shape index (κ3) is 0.977. The third-order valence-corrected chi connectivity index (χ3v) is 2.84. The van der Waals surface area contributed by atoms with Crippen LogP contribution in [0.15, 0.2) is 10.1 Å². The Kier molecular flexibility index (Phi) is 1.77. The molecule has 0 unspecified atom stereocenters. The zero-order valence-electron chi connectivity index (χ0n) is 5.37. The fourth-order valence-corrected chi connectivity index (χ4v) is 1.42. The summed E-state index contributed by atoms with van der Waals surface area (Å²) >= 11 is 11.4. The van der Waals surface area contributed by atoms with E-state index in [0.717, 1.165) is 10.1 Å². The summed E-state index contributed by atoms with van der Waals surface area (Å²) in [6.45, 7) is 2.55. The van der Waals surface area contributed by atoms with E-state index in [0.29, 0.717) is 6.61 Å². The van der Waals surface area contributed by atoms with Crippen LogP contribution in [0.4, 0.5) is 0 Å². The minimum absolute atomic E-state index is 0.141. The number of hydrogen-bond donors (Lipinski definition) is 0. The predicted molar refractivity (Wildman–Crippen MR) is 38.7 cm³/mol. The van der Waals surface area contributed by atoms with Gasteiger partial charge in [-0.1, -0.05) is 23.2 Å². The highest BCUT2D eigenvalue weighted by Crippen LogP contribution is 2.56. The van der Waals surface area contributed by atoms with Gasteiger partial charge in [-0.05, 0) is 6.92 Å². The monoisotopic (exact) mass is 166 g/mol. The van der Waals surface area contributed by atoms with Gasteiger partial charge in [-0.3, -0.25) is 0 Å². The van der Waals surface area contributed by atoms with Crippen molar-refractivity contribution in [3.63, 3.8) is 0 Å². The van der Waals surface area contributed by atoms with Crippen LogP contribution in [0.25, 0.3) is 0 Å². The molecule has 1 rings (SSSR count). The molecule has 1 aliphatic rings. The average Bonchev–Trinajstić information content (AvgIpc) is 2.22. The molecule has 0 aliphatic heterocycles. The Morgan fingerprint density at radius 1 is 1.44 bits per heavy atom. The van der Waals surface area contributed by atoms with Crippen molar-refractivity contribution in [3.05, 3.63) is 10.1 Å². The van der Waals surface area contributed by atoms with E-state index in [2.05, 4.69) is 0 Å². The lowest BCUT2D eigenvalue weighted by Gasteiger charge is -2.06. The largest absolute Gasteiger partial charge is 0.383 e. The van der Waals surface area contributed by atoms with E-state index in [1.807, 2.05) is 6.92 Å². The molecule has 0 atom stereocenters. The molecule has 0 amide bonds.